The van der Waals surface area contributed by atoms with Gasteiger partial charge >= 0.3 is 0 Å². The molecule has 0 atom stereocenters. The summed E-state index contributed by atoms with van der Waals surface area (Å²) in [7, 11) is 0. The monoisotopic (exact) mass is 386 g/mol. The average molecular weight is 386 g/mol. The highest BCUT2D eigenvalue weighted by atomic mass is 32.2. The first-order chi connectivity index (χ1) is 12.8. The lowest BCUT2D eigenvalue weighted by molar-refractivity contribution is 0.513. The molecule has 0 amide bonds. The average Bonchev–Trinajstić information content (AvgIpc) is 2.63. The zero-order valence-corrected chi connectivity index (χ0v) is 16.1. The van der Waals surface area contributed by atoms with Crippen molar-refractivity contribution in [1.82, 2.24) is 14.7 Å². The van der Waals surface area contributed by atoms with Gasteiger partial charge in [0, 0.05) is 21.6 Å². The molecule has 1 heterocycles. The van der Waals surface area contributed by atoms with Gasteiger partial charge in [0.2, 0.25) is 0 Å². The highest BCUT2D eigenvalue weighted by Crippen LogP contribution is 2.35. The van der Waals surface area contributed by atoms with E-state index in [0.29, 0.717) is 5.56 Å². The van der Waals surface area contributed by atoms with Gasteiger partial charge in [0.15, 0.2) is 11.6 Å². The van der Waals surface area contributed by atoms with Crippen LogP contribution < -0.4 is 10.5 Å². The molecule has 2 aromatic carbocycles. The molecule has 140 valence electrons. The van der Waals surface area contributed by atoms with Gasteiger partial charge in [-0.2, -0.15) is 0 Å². The second-order valence-electron chi connectivity index (χ2n) is 7.07. The van der Waals surface area contributed by atoms with Crippen LogP contribution in [-0.2, 0) is 0 Å². The maximum absolute atomic E-state index is 14.9. The van der Waals surface area contributed by atoms with Gasteiger partial charge < -0.3 is 5.73 Å². The van der Waals surface area contributed by atoms with Gasteiger partial charge in [0.25, 0.3) is 0 Å². The van der Waals surface area contributed by atoms with E-state index >= 15 is 0 Å². The second kappa shape index (κ2) is 7.62. The van der Waals surface area contributed by atoms with Crippen molar-refractivity contribution in [2.75, 3.05) is 5.73 Å². The number of nitrogens with one attached hydrogen (secondary N) is 1. The van der Waals surface area contributed by atoms with Crippen LogP contribution in [0.25, 0.3) is 22.4 Å². The molecule has 0 aliphatic carbocycles. The lowest BCUT2D eigenvalue weighted by Crippen LogP contribution is -2.29. The molecule has 0 bridgehead atoms. The van der Waals surface area contributed by atoms with Crippen LogP contribution in [0.15, 0.2) is 53.7 Å². The van der Waals surface area contributed by atoms with Gasteiger partial charge in [-0.3, -0.25) is 9.71 Å². The van der Waals surface area contributed by atoms with Gasteiger partial charge in [-0.25, -0.2) is 13.8 Å². The van der Waals surface area contributed by atoms with Crippen molar-refractivity contribution in [2.45, 2.75) is 31.2 Å². The molecule has 3 N–H and O–H groups in total. The number of anilines is 1. The molecule has 7 heteroatoms. The number of hydrogen-bond donors (Lipinski definition) is 2. The third-order valence-electron chi connectivity index (χ3n) is 3.67. The second-order valence-corrected chi connectivity index (χ2v) is 7.91. The largest absolute Gasteiger partial charge is 0.382 e. The van der Waals surface area contributed by atoms with Crippen LogP contribution in [0.1, 0.15) is 20.8 Å². The molecule has 0 radical (unpaired) electrons. The Labute approximate surface area is 161 Å². The summed E-state index contributed by atoms with van der Waals surface area (Å²) >= 11 is 1.39. The number of hydrogen-bond acceptors (Lipinski definition) is 5. The van der Waals surface area contributed by atoms with Crippen molar-refractivity contribution in [2.24, 2.45) is 0 Å². The van der Waals surface area contributed by atoms with E-state index in [1.807, 2.05) is 32.9 Å². The first-order valence-electron chi connectivity index (χ1n) is 8.35. The predicted octanol–water partition coefficient (Wildman–Crippen LogP) is 5.07. The Morgan fingerprint density at radius 3 is 2.22 bits per heavy atom. The molecular formula is C20H20F2N4S. The Morgan fingerprint density at radius 1 is 0.889 bits per heavy atom. The van der Waals surface area contributed by atoms with E-state index in [1.165, 1.54) is 30.4 Å². The minimum atomic E-state index is -0.963. The predicted molar refractivity (Wildman–Crippen MR) is 106 cm³/mol. The summed E-state index contributed by atoms with van der Waals surface area (Å²) in [5.41, 5.74) is 6.45. The normalized spacial score (nSPS) is 11.6. The number of halogens is 2. The van der Waals surface area contributed by atoms with Crippen molar-refractivity contribution >= 4 is 17.8 Å². The van der Waals surface area contributed by atoms with Crippen LogP contribution in [0.4, 0.5) is 14.6 Å². The lowest BCUT2D eigenvalue weighted by atomic mass is 10.0. The van der Waals surface area contributed by atoms with Crippen molar-refractivity contribution in [1.29, 1.82) is 0 Å². The van der Waals surface area contributed by atoms with Crippen LogP contribution in [-0.4, -0.2) is 15.5 Å². The summed E-state index contributed by atoms with van der Waals surface area (Å²) < 4.78 is 32.9. The van der Waals surface area contributed by atoms with E-state index in [2.05, 4.69) is 14.7 Å². The summed E-state index contributed by atoms with van der Waals surface area (Å²) in [6, 6.07) is 10.4. The Morgan fingerprint density at radius 2 is 1.56 bits per heavy atom. The highest BCUT2D eigenvalue weighted by Gasteiger charge is 2.19. The lowest BCUT2D eigenvalue weighted by Gasteiger charge is -2.20. The van der Waals surface area contributed by atoms with E-state index in [9.17, 15) is 8.78 Å². The summed E-state index contributed by atoms with van der Waals surface area (Å²) in [5.74, 6) is -1.67. The van der Waals surface area contributed by atoms with E-state index in [0.717, 1.165) is 4.90 Å². The first-order valence-corrected chi connectivity index (χ1v) is 9.17. The van der Waals surface area contributed by atoms with Gasteiger partial charge in [-0.15, -0.1) is 0 Å². The number of rotatable bonds is 4. The fourth-order valence-electron chi connectivity index (χ4n) is 2.42. The number of nitrogen functional groups attached to an aromatic ring is 1. The summed E-state index contributed by atoms with van der Waals surface area (Å²) in [6.07, 6.45) is 2.63. The quantitative estimate of drug-likeness (QED) is 0.613. The molecule has 1 aromatic heterocycles. The third kappa shape index (κ3) is 4.43. The number of nitrogens with two attached hydrogens (primary N) is 1. The Hall–Kier alpha value is -2.51. The van der Waals surface area contributed by atoms with Crippen LogP contribution in [0.2, 0.25) is 0 Å². The molecule has 0 aliphatic heterocycles. The molecule has 27 heavy (non-hydrogen) atoms. The van der Waals surface area contributed by atoms with E-state index in [1.54, 1.807) is 18.2 Å². The standard InChI is InChI=1S/C20H20F2N4S/c1-20(2,3)26-27-16-7-5-4-6-12(16)13-8-9-14(19(22)18(13)21)15-10-25-17(23)11-24-15/h4-11,26H,1-3H3,(H2,23,25). The Kier molecular flexibility index (Phi) is 5.43. The summed E-state index contributed by atoms with van der Waals surface area (Å²) in [5, 5.41) is 0. The molecule has 0 saturated heterocycles. The van der Waals surface area contributed by atoms with Gasteiger partial charge in [-0.1, -0.05) is 24.3 Å². The van der Waals surface area contributed by atoms with Crippen LogP contribution in [0.5, 0.6) is 0 Å². The molecule has 0 aliphatic rings. The summed E-state index contributed by atoms with van der Waals surface area (Å²) in [4.78, 5) is 8.71. The number of aromatic nitrogens is 2. The third-order valence-corrected chi connectivity index (χ3v) is 4.96. The first kappa shape index (κ1) is 19.3. The molecule has 3 aromatic rings. The summed E-state index contributed by atoms with van der Waals surface area (Å²) in [6.45, 7) is 6.10. The maximum atomic E-state index is 14.9. The SMILES string of the molecule is CC(C)(C)NSc1ccccc1-c1ccc(-c2cnc(N)cn2)c(F)c1F. The van der Waals surface area contributed by atoms with Crippen LogP contribution >= 0.6 is 11.9 Å². The van der Waals surface area contributed by atoms with Gasteiger partial charge in [0.1, 0.15) is 5.82 Å². The van der Waals surface area contributed by atoms with E-state index < -0.39 is 11.6 Å². The minimum absolute atomic E-state index is 0.0432. The zero-order valence-electron chi connectivity index (χ0n) is 15.3. The van der Waals surface area contributed by atoms with Crippen molar-refractivity contribution in [3.8, 4) is 22.4 Å². The van der Waals surface area contributed by atoms with Crippen molar-refractivity contribution < 1.29 is 8.78 Å². The highest BCUT2D eigenvalue weighted by molar-refractivity contribution is 7.97. The van der Waals surface area contributed by atoms with Crippen molar-refractivity contribution in [3.05, 3.63) is 60.4 Å². The molecule has 0 unspecified atom stereocenters. The fraction of sp³-hybridized carbons (Fsp3) is 0.200. The minimum Gasteiger partial charge on any atom is -0.382 e. The van der Waals surface area contributed by atoms with Gasteiger partial charge in [0.05, 0.1) is 18.1 Å². The number of benzene rings is 2. The molecule has 0 fully saturated rings. The molecule has 0 saturated carbocycles. The molecular weight excluding hydrogens is 366 g/mol. The topological polar surface area (TPSA) is 63.8 Å². The molecule has 4 nitrogen and oxygen atoms in total. The molecule has 0 spiro atoms. The zero-order chi connectivity index (χ0) is 19.6. The molecule has 3 rings (SSSR count). The Bertz CT molecular complexity index is 953. The van der Waals surface area contributed by atoms with Gasteiger partial charge in [-0.05, 0) is 50.4 Å². The van der Waals surface area contributed by atoms with Crippen molar-refractivity contribution in [3.63, 3.8) is 0 Å². The van der Waals surface area contributed by atoms with E-state index in [-0.39, 0.29) is 28.2 Å². The Balaban J connectivity index is 2.02. The maximum Gasteiger partial charge on any atom is 0.168 e. The van der Waals surface area contributed by atoms with Crippen LogP contribution in [0.3, 0.4) is 0 Å². The number of nitrogens with zero attached hydrogens (tertiary/aromatic N) is 2. The fourth-order valence-corrected chi connectivity index (χ4v) is 3.27. The smallest absolute Gasteiger partial charge is 0.168 e. The van der Waals surface area contributed by atoms with E-state index in [4.69, 9.17) is 5.73 Å². The van der Waals surface area contributed by atoms with Crippen LogP contribution in [0, 0.1) is 11.6 Å².